The molecule has 1 aromatic carbocycles. The Balaban J connectivity index is 2.34. The molecule has 0 atom stereocenters. The molecular formula is C10H12F2N2O2S. The minimum atomic E-state index is -4.61. The fourth-order valence-electron chi connectivity index (χ4n) is 1.79. The first-order valence-electron chi connectivity index (χ1n) is 5.16. The zero-order valence-corrected chi connectivity index (χ0v) is 9.73. The minimum Gasteiger partial charge on any atom is -0.383 e. The lowest BCUT2D eigenvalue weighted by Crippen LogP contribution is -2.22. The highest BCUT2D eigenvalue weighted by Gasteiger charge is 2.25. The fourth-order valence-corrected chi connectivity index (χ4v) is 2.36. The van der Waals surface area contributed by atoms with Gasteiger partial charge in [-0.25, -0.2) is 8.42 Å². The Kier molecular flexibility index (Phi) is 3.19. The van der Waals surface area contributed by atoms with E-state index in [9.17, 15) is 17.2 Å². The van der Waals surface area contributed by atoms with Crippen molar-refractivity contribution in [2.45, 2.75) is 18.6 Å². The third-order valence-corrected chi connectivity index (χ3v) is 3.54. The first-order valence-corrected chi connectivity index (χ1v) is 6.71. The van der Waals surface area contributed by atoms with Crippen LogP contribution >= 0.6 is 0 Å². The van der Waals surface area contributed by atoms with E-state index in [2.05, 4.69) is 5.32 Å². The van der Waals surface area contributed by atoms with Crippen LogP contribution in [0.25, 0.3) is 0 Å². The van der Waals surface area contributed by atoms with Gasteiger partial charge in [-0.1, -0.05) is 12.1 Å². The average molecular weight is 262 g/mol. The summed E-state index contributed by atoms with van der Waals surface area (Å²) in [5.41, 5.74) is 1.72. The quantitative estimate of drug-likeness (QED) is 0.876. The monoisotopic (exact) mass is 262 g/mol. The summed E-state index contributed by atoms with van der Waals surface area (Å²) in [7, 11) is -4.61. The molecule has 0 spiro atoms. The largest absolute Gasteiger partial charge is 0.383 e. The number of nitrogens with one attached hydrogen (secondary N) is 2. The van der Waals surface area contributed by atoms with E-state index in [0.29, 0.717) is 12.2 Å². The van der Waals surface area contributed by atoms with Crippen molar-refractivity contribution in [3.63, 3.8) is 0 Å². The van der Waals surface area contributed by atoms with Crippen LogP contribution in [0.5, 0.6) is 0 Å². The van der Waals surface area contributed by atoms with Crippen molar-refractivity contribution in [2.75, 3.05) is 16.6 Å². The van der Waals surface area contributed by atoms with Gasteiger partial charge in [0.25, 0.3) is 10.0 Å². The van der Waals surface area contributed by atoms with E-state index in [1.54, 1.807) is 6.07 Å². The van der Waals surface area contributed by atoms with Crippen LogP contribution < -0.4 is 10.0 Å². The lowest BCUT2D eigenvalue weighted by Gasteiger charge is -2.21. The number of alkyl halides is 2. The van der Waals surface area contributed by atoms with E-state index in [0.717, 1.165) is 18.4 Å². The number of halogens is 2. The number of para-hydroxylation sites is 1. The maximum atomic E-state index is 12.3. The molecule has 0 aliphatic carbocycles. The Hall–Kier alpha value is -1.37. The Morgan fingerprint density at radius 3 is 2.82 bits per heavy atom. The summed E-state index contributed by atoms with van der Waals surface area (Å²) < 4.78 is 48.6. The molecule has 0 saturated carbocycles. The van der Waals surface area contributed by atoms with E-state index in [1.807, 2.05) is 10.8 Å². The second-order valence-corrected chi connectivity index (χ2v) is 5.43. The highest BCUT2D eigenvalue weighted by molar-refractivity contribution is 7.93. The molecule has 0 fully saturated rings. The van der Waals surface area contributed by atoms with Gasteiger partial charge in [0.1, 0.15) is 0 Å². The summed E-state index contributed by atoms with van der Waals surface area (Å²) in [6.45, 7) is 0.709. The van der Waals surface area contributed by atoms with E-state index in [4.69, 9.17) is 0 Å². The second-order valence-electron chi connectivity index (χ2n) is 3.78. The van der Waals surface area contributed by atoms with Gasteiger partial charge in [-0.05, 0) is 24.5 Å². The Morgan fingerprint density at radius 1 is 1.35 bits per heavy atom. The topological polar surface area (TPSA) is 58.2 Å². The molecule has 4 nitrogen and oxygen atoms in total. The third kappa shape index (κ3) is 2.49. The number of benzene rings is 1. The summed E-state index contributed by atoms with van der Waals surface area (Å²) in [6.07, 6.45) is 1.75. The number of rotatable bonds is 3. The van der Waals surface area contributed by atoms with E-state index in [-0.39, 0.29) is 5.69 Å². The summed E-state index contributed by atoms with van der Waals surface area (Å²) in [5.74, 6) is -3.43. The molecule has 1 heterocycles. The smallest absolute Gasteiger partial charge is 0.355 e. The van der Waals surface area contributed by atoms with Gasteiger partial charge in [-0.3, -0.25) is 4.72 Å². The maximum Gasteiger partial charge on any atom is 0.355 e. The SMILES string of the molecule is O=S(=O)(Nc1cccc2c1NCCC2)C(F)F. The van der Waals surface area contributed by atoms with Gasteiger partial charge in [0.15, 0.2) is 0 Å². The van der Waals surface area contributed by atoms with Crippen LogP contribution in [0.15, 0.2) is 18.2 Å². The van der Waals surface area contributed by atoms with E-state index < -0.39 is 15.8 Å². The number of hydrogen-bond acceptors (Lipinski definition) is 3. The first kappa shape index (κ1) is 12.1. The molecule has 94 valence electrons. The molecule has 0 unspecified atom stereocenters. The predicted molar refractivity (Wildman–Crippen MR) is 61.8 cm³/mol. The lowest BCUT2D eigenvalue weighted by atomic mass is 10.0. The molecular weight excluding hydrogens is 250 g/mol. The predicted octanol–water partition coefficient (Wildman–Crippen LogP) is 2.01. The van der Waals surface area contributed by atoms with Crippen molar-refractivity contribution < 1.29 is 17.2 Å². The number of anilines is 2. The van der Waals surface area contributed by atoms with Gasteiger partial charge < -0.3 is 5.32 Å². The van der Waals surface area contributed by atoms with Crippen LogP contribution in [0.4, 0.5) is 20.2 Å². The van der Waals surface area contributed by atoms with Crippen LogP contribution in [0.2, 0.25) is 0 Å². The highest BCUT2D eigenvalue weighted by Crippen LogP contribution is 2.31. The van der Waals surface area contributed by atoms with Crippen LogP contribution in [0.3, 0.4) is 0 Å². The van der Waals surface area contributed by atoms with E-state index >= 15 is 0 Å². The molecule has 0 aromatic heterocycles. The molecule has 1 aromatic rings. The first-order chi connectivity index (χ1) is 8.00. The summed E-state index contributed by atoms with van der Waals surface area (Å²) in [6, 6.07) is 4.97. The minimum absolute atomic E-state index is 0.183. The van der Waals surface area contributed by atoms with Crippen molar-refractivity contribution in [1.29, 1.82) is 0 Å². The Morgan fingerprint density at radius 2 is 2.12 bits per heavy atom. The second kappa shape index (κ2) is 4.48. The van der Waals surface area contributed by atoms with Crippen molar-refractivity contribution >= 4 is 21.4 Å². The van der Waals surface area contributed by atoms with Crippen molar-refractivity contribution in [3.05, 3.63) is 23.8 Å². The summed E-state index contributed by atoms with van der Waals surface area (Å²) in [4.78, 5) is 0. The Bertz CT molecular complexity index is 517. The number of sulfonamides is 1. The fraction of sp³-hybridized carbons (Fsp3) is 0.400. The standard InChI is InChI=1S/C10H12F2N2O2S/c11-10(12)17(15,16)14-8-5-1-3-7-4-2-6-13-9(7)8/h1,3,5,10,13-14H,2,4,6H2. The van der Waals surface area contributed by atoms with Gasteiger partial charge in [-0.2, -0.15) is 8.78 Å². The van der Waals surface area contributed by atoms with Gasteiger partial charge in [0.05, 0.1) is 11.4 Å². The number of fused-ring (bicyclic) bond motifs is 1. The lowest BCUT2D eigenvalue weighted by molar-refractivity contribution is 0.236. The molecule has 2 N–H and O–H groups in total. The number of aryl methyl sites for hydroxylation is 1. The van der Waals surface area contributed by atoms with Crippen LogP contribution in [0.1, 0.15) is 12.0 Å². The molecule has 0 amide bonds. The molecule has 0 bridgehead atoms. The zero-order valence-electron chi connectivity index (χ0n) is 8.91. The van der Waals surface area contributed by atoms with Gasteiger partial charge >= 0.3 is 5.76 Å². The van der Waals surface area contributed by atoms with Crippen molar-refractivity contribution in [2.24, 2.45) is 0 Å². The number of hydrogen-bond donors (Lipinski definition) is 2. The highest BCUT2D eigenvalue weighted by atomic mass is 32.2. The van der Waals surface area contributed by atoms with Crippen LogP contribution in [0, 0.1) is 0 Å². The Labute approximate surface area is 98.1 Å². The molecule has 7 heteroatoms. The molecule has 0 saturated heterocycles. The summed E-state index contributed by atoms with van der Waals surface area (Å²) >= 11 is 0. The molecule has 17 heavy (non-hydrogen) atoms. The van der Waals surface area contributed by atoms with Gasteiger partial charge in [0, 0.05) is 6.54 Å². The average Bonchev–Trinajstić information content (AvgIpc) is 2.29. The third-order valence-electron chi connectivity index (χ3n) is 2.56. The van der Waals surface area contributed by atoms with Gasteiger partial charge in [-0.15, -0.1) is 0 Å². The normalized spacial score (nSPS) is 15.2. The molecule has 2 rings (SSSR count). The van der Waals surface area contributed by atoms with Crippen molar-refractivity contribution in [1.82, 2.24) is 0 Å². The van der Waals surface area contributed by atoms with Gasteiger partial charge in [0.2, 0.25) is 0 Å². The van der Waals surface area contributed by atoms with Crippen molar-refractivity contribution in [3.8, 4) is 0 Å². The molecule has 0 radical (unpaired) electrons. The van der Waals surface area contributed by atoms with E-state index in [1.165, 1.54) is 6.07 Å². The summed E-state index contributed by atoms with van der Waals surface area (Å²) in [5, 5.41) is 3.02. The zero-order chi connectivity index (χ0) is 12.5. The molecule has 1 aliphatic heterocycles. The van der Waals surface area contributed by atoms with Crippen LogP contribution in [-0.2, 0) is 16.4 Å². The molecule has 1 aliphatic rings. The van der Waals surface area contributed by atoms with Crippen LogP contribution in [-0.4, -0.2) is 20.7 Å². The maximum absolute atomic E-state index is 12.3.